The van der Waals surface area contributed by atoms with E-state index in [0.717, 1.165) is 11.1 Å². The van der Waals surface area contributed by atoms with Gasteiger partial charge in [0.15, 0.2) is 9.84 Å². The van der Waals surface area contributed by atoms with Gasteiger partial charge in [-0.05, 0) is 17.5 Å². The molecular weight excluding hydrogens is 278 g/mol. The summed E-state index contributed by atoms with van der Waals surface area (Å²) < 4.78 is 22.8. The molecule has 0 aromatic heterocycles. The highest BCUT2D eigenvalue weighted by Gasteiger charge is 2.37. The van der Waals surface area contributed by atoms with E-state index in [0.29, 0.717) is 12.8 Å². The maximum absolute atomic E-state index is 12.2. The van der Waals surface area contributed by atoms with Crippen molar-refractivity contribution in [3.63, 3.8) is 0 Å². The van der Waals surface area contributed by atoms with E-state index in [4.69, 9.17) is 0 Å². The van der Waals surface area contributed by atoms with Gasteiger partial charge in [-0.15, -0.1) is 0 Å². The van der Waals surface area contributed by atoms with Gasteiger partial charge in [-0.25, -0.2) is 8.42 Å². The van der Waals surface area contributed by atoms with Crippen molar-refractivity contribution in [2.24, 2.45) is 5.92 Å². The fourth-order valence-corrected chi connectivity index (χ4v) is 4.76. The van der Waals surface area contributed by atoms with Crippen molar-refractivity contribution in [3.8, 4) is 0 Å². The third kappa shape index (κ3) is 2.45. The second-order valence-corrected chi connectivity index (χ2v) is 7.79. The normalized spacial score (nSPS) is 30.9. The molecule has 1 heterocycles. The summed E-state index contributed by atoms with van der Waals surface area (Å²) >= 11 is 0. The van der Waals surface area contributed by atoms with Crippen molar-refractivity contribution in [1.29, 1.82) is 0 Å². The van der Waals surface area contributed by atoms with Gasteiger partial charge in [-0.1, -0.05) is 24.3 Å². The molecule has 1 aromatic carbocycles. The SMILES string of the molecule is O=C(NC1c2ccccc2CC1O)C1CCS(=O)(=O)C1. The molecular formula is C14H17NO4S. The Kier molecular flexibility index (Phi) is 3.30. The van der Waals surface area contributed by atoms with Crippen LogP contribution in [0.4, 0.5) is 0 Å². The monoisotopic (exact) mass is 295 g/mol. The fourth-order valence-electron chi connectivity index (χ4n) is 3.02. The van der Waals surface area contributed by atoms with Crippen molar-refractivity contribution >= 4 is 15.7 Å². The molecule has 1 fully saturated rings. The molecule has 0 bridgehead atoms. The number of sulfone groups is 1. The Morgan fingerprint density at radius 3 is 2.75 bits per heavy atom. The molecule has 1 amide bonds. The molecule has 3 unspecified atom stereocenters. The second-order valence-electron chi connectivity index (χ2n) is 5.56. The highest BCUT2D eigenvalue weighted by atomic mass is 32.2. The van der Waals surface area contributed by atoms with Crippen LogP contribution < -0.4 is 5.32 Å². The van der Waals surface area contributed by atoms with Gasteiger partial charge in [0.2, 0.25) is 5.91 Å². The molecule has 1 aromatic rings. The topological polar surface area (TPSA) is 83.5 Å². The maximum Gasteiger partial charge on any atom is 0.224 e. The zero-order chi connectivity index (χ0) is 14.3. The smallest absolute Gasteiger partial charge is 0.224 e. The van der Waals surface area contributed by atoms with E-state index in [2.05, 4.69) is 5.32 Å². The molecule has 0 saturated carbocycles. The third-order valence-corrected chi connectivity index (χ3v) is 5.87. The van der Waals surface area contributed by atoms with E-state index < -0.39 is 27.9 Å². The first-order valence-corrected chi connectivity index (χ1v) is 8.55. The van der Waals surface area contributed by atoms with Crippen LogP contribution in [-0.4, -0.2) is 37.0 Å². The van der Waals surface area contributed by atoms with Crippen LogP contribution in [-0.2, 0) is 21.1 Å². The van der Waals surface area contributed by atoms with Gasteiger partial charge >= 0.3 is 0 Å². The number of carbonyl (C=O) groups is 1. The Balaban J connectivity index is 1.74. The van der Waals surface area contributed by atoms with Crippen molar-refractivity contribution in [2.45, 2.75) is 25.0 Å². The molecule has 3 atom stereocenters. The Morgan fingerprint density at radius 2 is 2.05 bits per heavy atom. The number of carbonyl (C=O) groups excluding carboxylic acids is 1. The summed E-state index contributed by atoms with van der Waals surface area (Å²) in [6.45, 7) is 0. The molecule has 0 radical (unpaired) electrons. The first kappa shape index (κ1) is 13.6. The molecule has 6 heteroatoms. The van der Waals surface area contributed by atoms with Crippen LogP contribution >= 0.6 is 0 Å². The van der Waals surface area contributed by atoms with Crippen LogP contribution in [0, 0.1) is 5.92 Å². The van der Waals surface area contributed by atoms with Crippen molar-refractivity contribution in [1.82, 2.24) is 5.32 Å². The van der Waals surface area contributed by atoms with E-state index in [1.165, 1.54) is 0 Å². The van der Waals surface area contributed by atoms with E-state index in [1.807, 2.05) is 24.3 Å². The predicted molar refractivity (Wildman–Crippen MR) is 73.8 cm³/mol. The number of hydrogen-bond acceptors (Lipinski definition) is 4. The molecule has 2 N–H and O–H groups in total. The number of amides is 1. The minimum absolute atomic E-state index is 0.0783. The Bertz CT molecular complexity index is 640. The first-order chi connectivity index (χ1) is 9.46. The summed E-state index contributed by atoms with van der Waals surface area (Å²) in [7, 11) is -3.07. The molecule has 3 rings (SSSR count). The van der Waals surface area contributed by atoms with Crippen LogP contribution in [0.2, 0.25) is 0 Å². The predicted octanol–water partition coefficient (Wildman–Crippen LogP) is 0.196. The number of aliphatic hydroxyl groups is 1. The molecule has 0 spiro atoms. The Labute approximate surface area is 117 Å². The van der Waals surface area contributed by atoms with Crippen LogP contribution in [0.25, 0.3) is 0 Å². The summed E-state index contributed by atoms with van der Waals surface area (Å²) in [5, 5.41) is 12.9. The molecule has 2 aliphatic rings. The summed E-state index contributed by atoms with van der Waals surface area (Å²) in [6.07, 6.45) is 0.247. The van der Waals surface area contributed by atoms with Crippen LogP contribution in [0.1, 0.15) is 23.6 Å². The fraction of sp³-hybridized carbons (Fsp3) is 0.500. The van der Waals surface area contributed by atoms with E-state index in [9.17, 15) is 18.3 Å². The molecule has 20 heavy (non-hydrogen) atoms. The van der Waals surface area contributed by atoms with E-state index in [-0.39, 0.29) is 17.4 Å². The zero-order valence-electron chi connectivity index (χ0n) is 11.0. The van der Waals surface area contributed by atoms with Gasteiger partial charge in [-0.3, -0.25) is 4.79 Å². The average Bonchev–Trinajstić information content (AvgIpc) is 2.91. The van der Waals surface area contributed by atoms with Gasteiger partial charge in [0.25, 0.3) is 0 Å². The highest BCUT2D eigenvalue weighted by Crippen LogP contribution is 2.32. The standard InChI is InChI=1S/C14H17NO4S/c16-12-7-9-3-1-2-4-11(9)13(12)15-14(17)10-5-6-20(18,19)8-10/h1-4,10,12-13,16H,5-8H2,(H,15,17). The molecule has 108 valence electrons. The van der Waals surface area contributed by atoms with Crippen molar-refractivity contribution < 1.29 is 18.3 Å². The minimum Gasteiger partial charge on any atom is -0.390 e. The molecule has 1 saturated heterocycles. The summed E-state index contributed by atoms with van der Waals surface area (Å²) in [6, 6.07) is 7.17. The summed E-state index contributed by atoms with van der Waals surface area (Å²) in [5.74, 6) is -0.759. The maximum atomic E-state index is 12.2. The van der Waals surface area contributed by atoms with E-state index in [1.54, 1.807) is 0 Å². The van der Waals surface area contributed by atoms with Crippen LogP contribution in [0.5, 0.6) is 0 Å². The lowest BCUT2D eigenvalue weighted by molar-refractivity contribution is -0.125. The van der Waals surface area contributed by atoms with Gasteiger partial charge in [0, 0.05) is 6.42 Å². The number of rotatable bonds is 2. The Hall–Kier alpha value is -1.40. The number of hydrogen-bond donors (Lipinski definition) is 2. The van der Waals surface area contributed by atoms with Gasteiger partial charge in [-0.2, -0.15) is 0 Å². The highest BCUT2D eigenvalue weighted by molar-refractivity contribution is 7.91. The summed E-state index contributed by atoms with van der Waals surface area (Å²) in [4.78, 5) is 12.2. The van der Waals surface area contributed by atoms with E-state index >= 15 is 0 Å². The quantitative estimate of drug-likeness (QED) is 0.816. The zero-order valence-corrected chi connectivity index (χ0v) is 11.8. The van der Waals surface area contributed by atoms with Gasteiger partial charge < -0.3 is 10.4 Å². The second kappa shape index (κ2) is 4.86. The Morgan fingerprint density at radius 1 is 1.30 bits per heavy atom. The van der Waals surface area contributed by atoms with Crippen LogP contribution in [0.15, 0.2) is 24.3 Å². The first-order valence-electron chi connectivity index (χ1n) is 6.73. The minimum atomic E-state index is -3.07. The molecule has 5 nitrogen and oxygen atoms in total. The largest absolute Gasteiger partial charge is 0.390 e. The van der Waals surface area contributed by atoms with Crippen LogP contribution in [0.3, 0.4) is 0 Å². The number of nitrogens with one attached hydrogen (secondary N) is 1. The number of fused-ring (bicyclic) bond motifs is 1. The van der Waals surface area contributed by atoms with Crippen molar-refractivity contribution in [3.05, 3.63) is 35.4 Å². The van der Waals surface area contributed by atoms with Gasteiger partial charge in [0.05, 0.1) is 29.6 Å². The lowest BCUT2D eigenvalue weighted by atomic mass is 10.0. The molecule has 1 aliphatic heterocycles. The number of aliphatic hydroxyl groups excluding tert-OH is 1. The lowest BCUT2D eigenvalue weighted by Crippen LogP contribution is -2.38. The van der Waals surface area contributed by atoms with Crippen molar-refractivity contribution in [2.75, 3.05) is 11.5 Å². The lowest BCUT2D eigenvalue weighted by Gasteiger charge is -2.20. The number of benzene rings is 1. The summed E-state index contributed by atoms with van der Waals surface area (Å²) in [5.41, 5.74) is 1.96. The average molecular weight is 295 g/mol. The van der Waals surface area contributed by atoms with Gasteiger partial charge in [0.1, 0.15) is 0 Å². The third-order valence-electron chi connectivity index (χ3n) is 4.10. The molecule has 1 aliphatic carbocycles.